The van der Waals surface area contributed by atoms with E-state index in [0.717, 1.165) is 29.3 Å². The van der Waals surface area contributed by atoms with Crippen LogP contribution in [0.25, 0.3) is 5.70 Å². The van der Waals surface area contributed by atoms with Gasteiger partial charge in [-0.3, -0.25) is 0 Å². The molecule has 1 heterocycles. The molecule has 2 aromatic carbocycles. The van der Waals surface area contributed by atoms with E-state index in [-0.39, 0.29) is 11.0 Å². The Morgan fingerprint density at radius 1 is 0.815 bits per heavy atom. The Morgan fingerprint density at radius 3 is 1.93 bits per heavy atom. The summed E-state index contributed by atoms with van der Waals surface area (Å²) in [7, 11) is 0. The van der Waals surface area contributed by atoms with Crippen molar-refractivity contribution in [3.8, 4) is 0 Å². The van der Waals surface area contributed by atoms with Crippen LogP contribution < -0.4 is 16.0 Å². The van der Waals surface area contributed by atoms with Crippen LogP contribution in [0.2, 0.25) is 0 Å². The van der Waals surface area contributed by atoms with Gasteiger partial charge in [0.2, 0.25) is 0 Å². The van der Waals surface area contributed by atoms with E-state index < -0.39 is 0 Å². The summed E-state index contributed by atoms with van der Waals surface area (Å²) >= 11 is 0. The lowest BCUT2D eigenvalue weighted by Gasteiger charge is -2.37. The molecule has 0 spiro atoms. The minimum absolute atomic E-state index is 0.0421. The van der Waals surface area contributed by atoms with Gasteiger partial charge in [0, 0.05) is 11.1 Å². The Kier molecular flexibility index (Phi) is 4.98. The van der Waals surface area contributed by atoms with Crippen LogP contribution in [-0.4, -0.2) is 5.54 Å². The average Bonchev–Trinajstić information content (AvgIpc) is 2.54. The van der Waals surface area contributed by atoms with Gasteiger partial charge in [-0.05, 0) is 62.8 Å². The van der Waals surface area contributed by atoms with Gasteiger partial charge in [0.25, 0.3) is 0 Å². The van der Waals surface area contributed by atoms with Crippen LogP contribution in [0.15, 0.2) is 48.3 Å². The van der Waals surface area contributed by atoms with E-state index >= 15 is 0 Å². The number of hydrogen-bond donors (Lipinski definition) is 3. The molecule has 0 amide bonds. The molecule has 0 atom stereocenters. The number of rotatable bonds is 4. The van der Waals surface area contributed by atoms with Crippen LogP contribution in [0.5, 0.6) is 0 Å². The van der Waals surface area contributed by atoms with E-state index in [4.69, 9.17) is 0 Å². The SMILES string of the molecule is Cc1cc2c(cc1C)NC(c1ccccc1)=C(NC(C)(C)CC(C)(C)C)N2. The van der Waals surface area contributed by atoms with E-state index in [1.165, 1.54) is 16.7 Å². The first-order valence-electron chi connectivity index (χ1n) is 9.77. The third-order valence-electron chi connectivity index (χ3n) is 4.90. The third kappa shape index (κ3) is 4.65. The molecule has 3 heteroatoms. The van der Waals surface area contributed by atoms with E-state index in [0.29, 0.717) is 0 Å². The maximum Gasteiger partial charge on any atom is 0.128 e. The van der Waals surface area contributed by atoms with Crippen molar-refractivity contribution in [2.45, 2.75) is 60.4 Å². The van der Waals surface area contributed by atoms with Crippen molar-refractivity contribution >= 4 is 17.1 Å². The molecule has 0 saturated heterocycles. The highest BCUT2D eigenvalue weighted by atomic mass is 15.2. The fourth-order valence-electron chi connectivity index (χ4n) is 4.04. The van der Waals surface area contributed by atoms with Crippen molar-refractivity contribution < 1.29 is 0 Å². The number of anilines is 2. The first-order chi connectivity index (χ1) is 12.5. The molecule has 3 nitrogen and oxygen atoms in total. The molecule has 1 aliphatic heterocycles. The van der Waals surface area contributed by atoms with Crippen LogP contribution in [0.4, 0.5) is 11.4 Å². The second-order valence-corrected chi connectivity index (χ2v) is 9.59. The van der Waals surface area contributed by atoms with Crippen molar-refractivity contribution in [1.82, 2.24) is 5.32 Å². The Bertz CT molecular complexity index is 855. The van der Waals surface area contributed by atoms with Crippen LogP contribution in [0, 0.1) is 19.3 Å². The second-order valence-electron chi connectivity index (χ2n) is 9.59. The lowest BCUT2D eigenvalue weighted by Crippen LogP contribution is -2.44. The summed E-state index contributed by atoms with van der Waals surface area (Å²) in [5.41, 5.74) is 7.29. The molecule has 0 bridgehead atoms. The molecule has 0 radical (unpaired) electrons. The highest BCUT2D eigenvalue weighted by molar-refractivity contribution is 5.90. The standard InChI is InChI=1S/C24H33N3/c1-16-13-19-20(14-17(16)2)26-22(27-24(6,7)15-23(3,4)5)21(25-19)18-11-9-8-10-12-18/h8-14,25-27H,15H2,1-7H3. The zero-order chi connectivity index (χ0) is 19.8. The van der Waals surface area contributed by atoms with Gasteiger partial charge in [-0.15, -0.1) is 0 Å². The molecule has 144 valence electrons. The molecular weight excluding hydrogens is 330 g/mol. The van der Waals surface area contributed by atoms with E-state index in [2.05, 4.69) is 107 Å². The van der Waals surface area contributed by atoms with E-state index in [1.807, 2.05) is 0 Å². The summed E-state index contributed by atoms with van der Waals surface area (Å²) in [5, 5.41) is 11.1. The smallest absolute Gasteiger partial charge is 0.128 e. The molecule has 27 heavy (non-hydrogen) atoms. The third-order valence-corrected chi connectivity index (χ3v) is 4.90. The number of hydrogen-bond acceptors (Lipinski definition) is 3. The predicted octanol–water partition coefficient (Wildman–Crippen LogP) is 6.27. The van der Waals surface area contributed by atoms with Gasteiger partial charge in [-0.2, -0.15) is 0 Å². The summed E-state index contributed by atoms with van der Waals surface area (Å²) in [6, 6.07) is 15.0. The fourth-order valence-corrected chi connectivity index (χ4v) is 4.04. The Balaban J connectivity index is 2.02. The summed E-state index contributed by atoms with van der Waals surface area (Å²) < 4.78 is 0. The number of aryl methyl sites for hydroxylation is 2. The monoisotopic (exact) mass is 363 g/mol. The zero-order valence-corrected chi connectivity index (χ0v) is 17.7. The van der Waals surface area contributed by atoms with Crippen molar-refractivity contribution in [3.05, 3.63) is 65.0 Å². The quantitative estimate of drug-likeness (QED) is 0.599. The van der Waals surface area contributed by atoms with Gasteiger partial charge < -0.3 is 16.0 Å². The van der Waals surface area contributed by atoms with Gasteiger partial charge in [-0.1, -0.05) is 51.1 Å². The lowest BCUT2D eigenvalue weighted by molar-refractivity contribution is 0.257. The van der Waals surface area contributed by atoms with Crippen molar-refractivity contribution in [1.29, 1.82) is 0 Å². The first-order valence-corrected chi connectivity index (χ1v) is 9.77. The van der Waals surface area contributed by atoms with Crippen LogP contribution >= 0.6 is 0 Å². The molecule has 0 fully saturated rings. The van der Waals surface area contributed by atoms with Crippen molar-refractivity contribution in [2.75, 3.05) is 10.6 Å². The second kappa shape index (κ2) is 6.95. The topological polar surface area (TPSA) is 36.1 Å². The van der Waals surface area contributed by atoms with E-state index in [1.54, 1.807) is 0 Å². The summed E-state index contributed by atoms with van der Waals surface area (Å²) in [6.07, 6.45) is 1.06. The summed E-state index contributed by atoms with van der Waals surface area (Å²) in [5.74, 6) is 1.03. The van der Waals surface area contributed by atoms with Gasteiger partial charge in [0.15, 0.2) is 0 Å². The van der Waals surface area contributed by atoms with Crippen molar-refractivity contribution in [2.24, 2.45) is 5.41 Å². The van der Waals surface area contributed by atoms with Crippen molar-refractivity contribution in [3.63, 3.8) is 0 Å². The molecule has 0 aliphatic carbocycles. The zero-order valence-electron chi connectivity index (χ0n) is 17.7. The minimum atomic E-state index is -0.0421. The van der Waals surface area contributed by atoms with Crippen LogP contribution in [0.3, 0.4) is 0 Å². The maximum absolute atomic E-state index is 3.78. The Hall–Kier alpha value is -2.42. The molecular formula is C24H33N3. The predicted molar refractivity (Wildman–Crippen MR) is 118 cm³/mol. The molecule has 0 aromatic heterocycles. The first kappa shape index (κ1) is 19.3. The minimum Gasteiger partial charge on any atom is -0.365 e. The number of benzene rings is 2. The van der Waals surface area contributed by atoms with Gasteiger partial charge in [0.1, 0.15) is 5.82 Å². The molecule has 3 rings (SSSR count). The Labute approximate surface area is 164 Å². The lowest BCUT2D eigenvalue weighted by atomic mass is 9.81. The molecule has 0 saturated carbocycles. The average molecular weight is 364 g/mol. The van der Waals surface area contributed by atoms with Gasteiger partial charge in [0.05, 0.1) is 17.1 Å². The molecule has 0 unspecified atom stereocenters. The highest BCUT2D eigenvalue weighted by Crippen LogP contribution is 2.36. The highest BCUT2D eigenvalue weighted by Gasteiger charge is 2.29. The summed E-state index contributed by atoms with van der Waals surface area (Å²) in [6.45, 7) is 15.7. The maximum atomic E-state index is 3.78. The number of nitrogens with one attached hydrogen (secondary N) is 3. The van der Waals surface area contributed by atoms with Crippen LogP contribution in [0.1, 0.15) is 57.7 Å². The van der Waals surface area contributed by atoms with Gasteiger partial charge >= 0.3 is 0 Å². The summed E-state index contributed by atoms with van der Waals surface area (Å²) in [4.78, 5) is 0. The largest absolute Gasteiger partial charge is 0.365 e. The molecule has 3 N–H and O–H groups in total. The number of fused-ring (bicyclic) bond motifs is 1. The molecule has 1 aliphatic rings. The van der Waals surface area contributed by atoms with E-state index in [9.17, 15) is 0 Å². The van der Waals surface area contributed by atoms with Crippen LogP contribution in [-0.2, 0) is 0 Å². The fraction of sp³-hybridized carbons (Fsp3) is 0.417. The normalized spacial score (nSPS) is 14.3. The molecule has 2 aromatic rings. The Morgan fingerprint density at radius 2 is 1.37 bits per heavy atom. The van der Waals surface area contributed by atoms with Gasteiger partial charge in [-0.25, -0.2) is 0 Å².